The Bertz CT molecular complexity index is 1130. The third-order valence-corrected chi connectivity index (χ3v) is 10.4. The first-order valence-corrected chi connectivity index (χ1v) is 20.6. The minimum absolute atomic E-state index is 0.156. The number of aliphatic hydroxyl groups excluding tert-OH is 6. The monoisotopic (exact) mass is 900 g/mol. The van der Waals surface area contributed by atoms with E-state index in [0.29, 0.717) is 65.0 Å². The molecule has 4 atom stereocenters. The zero-order chi connectivity index (χ0) is 47.7. The molecule has 0 spiro atoms. The summed E-state index contributed by atoms with van der Waals surface area (Å²) in [6, 6.07) is 0. The van der Waals surface area contributed by atoms with E-state index >= 15 is 0 Å². The number of cyclic esters (lactones) is 4. The highest BCUT2D eigenvalue weighted by Crippen LogP contribution is 2.20. The first kappa shape index (κ1) is 59.6. The SMILES string of the molecule is CCC(CO)(CO)CO.CCC(CO)(CO)CO.O=C(O)C1CCCCOC1=O.O=C(O)C1CCCCOC1=O.O=C(O)C1CCCCOC1=O.O=C(O)C1CCCCOC1=O. The van der Waals surface area contributed by atoms with E-state index in [0.717, 1.165) is 51.4 Å². The second-order valence-electron chi connectivity index (χ2n) is 14.9. The van der Waals surface area contributed by atoms with Gasteiger partial charge in [-0.1, -0.05) is 13.8 Å². The van der Waals surface area contributed by atoms with Crippen molar-refractivity contribution in [1.29, 1.82) is 0 Å². The van der Waals surface area contributed by atoms with Crippen molar-refractivity contribution >= 4 is 47.8 Å². The molecule has 0 amide bonds. The Morgan fingerprint density at radius 1 is 0.403 bits per heavy atom. The summed E-state index contributed by atoms with van der Waals surface area (Å²) in [4.78, 5) is 85.1. The molecule has 4 aliphatic rings. The quantitative estimate of drug-likeness (QED) is 0.0719. The predicted octanol–water partition coefficient (Wildman–Crippen LogP) is 0.377. The van der Waals surface area contributed by atoms with Crippen LogP contribution in [0.2, 0.25) is 0 Å². The van der Waals surface area contributed by atoms with Crippen molar-refractivity contribution < 1.29 is 108 Å². The van der Waals surface area contributed by atoms with Crippen molar-refractivity contribution in [2.45, 2.75) is 104 Å². The number of aliphatic hydroxyl groups is 6. The van der Waals surface area contributed by atoms with E-state index in [1.165, 1.54) is 0 Å². The number of rotatable bonds is 12. The second kappa shape index (κ2) is 34.1. The standard InChI is InChI=1S/4C7H10O4.2C6H14O3/c4*8-6(9)5-3-1-2-4-11-7(5)10;2*1-2-6(3-7,4-8)5-9/h4*5H,1-4H2,(H,8,9);2*7-9H,2-5H2,1H3. The molecule has 22 nitrogen and oxygen atoms in total. The molecule has 0 saturated carbocycles. The van der Waals surface area contributed by atoms with Gasteiger partial charge in [-0.15, -0.1) is 0 Å². The number of ether oxygens (including phenoxy) is 4. The summed E-state index contributed by atoms with van der Waals surface area (Å²) in [5.41, 5.74) is -1.33. The van der Waals surface area contributed by atoms with Crippen LogP contribution in [-0.4, -0.2) is 165 Å². The minimum atomic E-state index is -1.07. The van der Waals surface area contributed by atoms with Gasteiger partial charge >= 0.3 is 47.8 Å². The number of hydrogen-bond donors (Lipinski definition) is 10. The van der Waals surface area contributed by atoms with Gasteiger partial charge in [0.2, 0.25) is 0 Å². The van der Waals surface area contributed by atoms with Crippen LogP contribution in [0.3, 0.4) is 0 Å². The van der Waals surface area contributed by atoms with Crippen LogP contribution >= 0.6 is 0 Å². The normalized spacial score (nSPS) is 21.5. The van der Waals surface area contributed by atoms with Crippen molar-refractivity contribution in [3.63, 3.8) is 0 Å². The smallest absolute Gasteiger partial charge is 0.320 e. The molecule has 0 aliphatic carbocycles. The Balaban J connectivity index is 0. The van der Waals surface area contributed by atoms with Crippen LogP contribution in [-0.2, 0) is 57.3 Å². The lowest BCUT2D eigenvalue weighted by atomic mass is 9.88. The van der Waals surface area contributed by atoms with Gasteiger partial charge in [-0.3, -0.25) is 38.4 Å². The number of aliphatic carboxylic acids is 4. The molecule has 0 aromatic carbocycles. The Hall–Kier alpha value is -4.48. The fourth-order valence-corrected chi connectivity index (χ4v) is 5.23. The molecule has 0 bridgehead atoms. The third-order valence-electron chi connectivity index (χ3n) is 10.4. The van der Waals surface area contributed by atoms with Gasteiger partial charge in [-0.2, -0.15) is 0 Å². The third kappa shape index (κ3) is 23.7. The van der Waals surface area contributed by atoms with Gasteiger partial charge in [0.25, 0.3) is 0 Å². The second-order valence-corrected chi connectivity index (χ2v) is 14.9. The summed E-state index contributed by atoms with van der Waals surface area (Å²) >= 11 is 0. The minimum Gasteiger partial charge on any atom is -0.481 e. The summed E-state index contributed by atoms with van der Waals surface area (Å²) in [6.45, 7) is 4.16. The lowest BCUT2D eigenvalue weighted by molar-refractivity contribution is -0.159. The number of carboxylic acid groups (broad SMARTS) is 4. The maximum atomic E-state index is 10.9. The lowest BCUT2D eigenvalue weighted by Crippen LogP contribution is -2.32. The van der Waals surface area contributed by atoms with Crippen LogP contribution in [0.5, 0.6) is 0 Å². The maximum absolute atomic E-state index is 10.9. The largest absolute Gasteiger partial charge is 0.481 e. The highest BCUT2D eigenvalue weighted by molar-refractivity contribution is 5.95. The maximum Gasteiger partial charge on any atom is 0.320 e. The molecular formula is C40H68O22. The zero-order valence-electron chi connectivity index (χ0n) is 35.7. The summed E-state index contributed by atoms with van der Waals surface area (Å²) < 4.78 is 18.6. The Morgan fingerprint density at radius 2 is 0.581 bits per heavy atom. The van der Waals surface area contributed by atoms with E-state index in [-0.39, 0.29) is 39.6 Å². The molecule has 4 saturated heterocycles. The molecule has 4 rings (SSSR count). The van der Waals surface area contributed by atoms with Crippen molar-refractivity contribution in [1.82, 2.24) is 0 Å². The molecule has 0 radical (unpaired) electrons. The predicted molar refractivity (Wildman–Crippen MR) is 212 cm³/mol. The molecule has 4 aliphatic heterocycles. The van der Waals surface area contributed by atoms with Gasteiger partial charge < -0.3 is 70.0 Å². The molecule has 4 heterocycles. The highest BCUT2D eigenvalue weighted by atomic mass is 16.5. The van der Waals surface area contributed by atoms with Crippen LogP contribution < -0.4 is 0 Å². The van der Waals surface area contributed by atoms with Crippen LogP contribution in [0.1, 0.15) is 104 Å². The van der Waals surface area contributed by atoms with E-state index in [2.05, 4.69) is 18.9 Å². The number of carbonyl (C=O) groups excluding carboxylic acids is 4. The van der Waals surface area contributed by atoms with Gasteiger partial charge in [-0.05, 0) is 89.9 Å². The van der Waals surface area contributed by atoms with Gasteiger partial charge in [0, 0.05) is 10.8 Å². The Morgan fingerprint density at radius 3 is 0.694 bits per heavy atom. The fraction of sp³-hybridized carbons (Fsp3) is 0.800. The number of hydrogen-bond acceptors (Lipinski definition) is 18. The first-order valence-electron chi connectivity index (χ1n) is 20.6. The lowest BCUT2D eigenvalue weighted by Gasteiger charge is -2.24. The number of carbonyl (C=O) groups is 8. The Labute approximate surface area is 360 Å². The molecule has 4 fully saturated rings. The van der Waals surface area contributed by atoms with Gasteiger partial charge in [-0.25, -0.2) is 0 Å². The fourth-order valence-electron chi connectivity index (χ4n) is 5.23. The molecule has 62 heavy (non-hydrogen) atoms. The van der Waals surface area contributed by atoms with Crippen LogP contribution in [0.25, 0.3) is 0 Å². The first-order chi connectivity index (χ1) is 29.3. The van der Waals surface area contributed by atoms with Crippen LogP contribution in [0.4, 0.5) is 0 Å². The average Bonchev–Trinajstić information content (AvgIpc) is 3.80. The van der Waals surface area contributed by atoms with Crippen LogP contribution in [0, 0.1) is 34.5 Å². The van der Waals surface area contributed by atoms with E-state index in [1.54, 1.807) is 0 Å². The van der Waals surface area contributed by atoms with E-state index < -0.39 is 82.3 Å². The molecule has 22 heteroatoms. The van der Waals surface area contributed by atoms with Crippen LogP contribution in [0.15, 0.2) is 0 Å². The van der Waals surface area contributed by atoms with Gasteiger partial charge in [0.05, 0.1) is 66.1 Å². The van der Waals surface area contributed by atoms with Gasteiger partial charge in [0.15, 0.2) is 23.7 Å². The zero-order valence-corrected chi connectivity index (χ0v) is 35.7. The molecule has 10 N–H and O–H groups in total. The molecule has 4 unspecified atom stereocenters. The summed E-state index contributed by atoms with van der Waals surface area (Å²) in [5.74, 6) is -10.4. The summed E-state index contributed by atoms with van der Waals surface area (Å²) in [5, 5.41) is 86.1. The van der Waals surface area contributed by atoms with Crippen molar-refractivity contribution in [2.75, 3.05) is 66.1 Å². The number of esters is 4. The summed E-state index contributed by atoms with van der Waals surface area (Å²) in [7, 11) is 0. The van der Waals surface area contributed by atoms with E-state index in [4.69, 9.17) is 51.1 Å². The van der Waals surface area contributed by atoms with E-state index in [9.17, 15) is 38.4 Å². The summed E-state index contributed by atoms with van der Waals surface area (Å²) in [6.07, 6.45) is 8.94. The molecule has 0 aromatic rings. The number of carboxylic acids is 4. The highest BCUT2D eigenvalue weighted by Gasteiger charge is 2.32. The van der Waals surface area contributed by atoms with Gasteiger partial charge in [0.1, 0.15) is 0 Å². The topological polar surface area (TPSA) is 376 Å². The van der Waals surface area contributed by atoms with Crippen molar-refractivity contribution in [2.24, 2.45) is 34.5 Å². The van der Waals surface area contributed by atoms with Crippen molar-refractivity contribution in [3.05, 3.63) is 0 Å². The average molecular weight is 901 g/mol. The molecular weight excluding hydrogens is 832 g/mol. The Kier molecular flexibility index (Phi) is 32.7. The molecule has 0 aromatic heterocycles. The van der Waals surface area contributed by atoms with Crippen molar-refractivity contribution in [3.8, 4) is 0 Å². The van der Waals surface area contributed by atoms with E-state index in [1.807, 2.05) is 13.8 Å². The molecule has 360 valence electrons.